The van der Waals surface area contributed by atoms with Gasteiger partial charge in [0.2, 0.25) is 0 Å². The molecule has 1 unspecified atom stereocenters. The van der Waals surface area contributed by atoms with Crippen molar-refractivity contribution < 1.29 is 4.39 Å². The van der Waals surface area contributed by atoms with Gasteiger partial charge in [0.25, 0.3) is 0 Å². The minimum atomic E-state index is -0.134. The molecule has 0 saturated heterocycles. The van der Waals surface area contributed by atoms with Crippen LogP contribution in [0.2, 0.25) is 0 Å². The molecular weight excluding hydrogens is 211 g/mol. The Morgan fingerprint density at radius 3 is 2.59 bits per heavy atom. The van der Waals surface area contributed by atoms with Gasteiger partial charge >= 0.3 is 0 Å². The lowest BCUT2D eigenvalue weighted by Crippen LogP contribution is -2.03. The van der Waals surface area contributed by atoms with Gasteiger partial charge in [-0.25, -0.2) is 4.39 Å². The van der Waals surface area contributed by atoms with Crippen molar-refractivity contribution in [1.29, 1.82) is 0 Å². The summed E-state index contributed by atoms with van der Waals surface area (Å²) in [5.74, 6) is 0.717. The molecule has 1 aromatic rings. The molecule has 0 saturated carbocycles. The Bertz CT molecular complexity index is 350. The average molecular weight is 232 g/mol. The lowest BCUT2D eigenvalue weighted by Gasteiger charge is -2.17. The Labute approximate surface area is 104 Å². The van der Waals surface area contributed by atoms with Gasteiger partial charge in [-0.3, -0.25) is 0 Å². The van der Waals surface area contributed by atoms with Gasteiger partial charge in [-0.1, -0.05) is 30.7 Å². The van der Waals surface area contributed by atoms with E-state index in [4.69, 9.17) is 0 Å². The standard InChI is InChI=1S/C16H21F/c17-16-12-10-15(11-13-16)9-8-14-6-4-2-1-3-5-7-14/h1-2,10-14H,3-9H2/b2-1-. The Balaban J connectivity index is 1.80. The van der Waals surface area contributed by atoms with E-state index in [2.05, 4.69) is 12.2 Å². The quantitative estimate of drug-likeness (QED) is 0.650. The molecule has 92 valence electrons. The highest BCUT2D eigenvalue weighted by molar-refractivity contribution is 5.16. The van der Waals surface area contributed by atoms with Gasteiger partial charge < -0.3 is 0 Å². The number of aryl methyl sites for hydroxylation is 1. The van der Waals surface area contributed by atoms with Crippen molar-refractivity contribution in [3.63, 3.8) is 0 Å². The zero-order valence-electron chi connectivity index (χ0n) is 10.4. The molecule has 0 bridgehead atoms. The van der Waals surface area contributed by atoms with E-state index >= 15 is 0 Å². The highest BCUT2D eigenvalue weighted by Crippen LogP contribution is 2.23. The number of allylic oxidation sites excluding steroid dienone is 2. The van der Waals surface area contributed by atoms with E-state index in [1.165, 1.54) is 44.1 Å². The van der Waals surface area contributed by atoms with Crippen LogP contribution in [-0.4, -0.2) is 0 Å². The fourth-order valence-electron chi connectivity index (χ4n) is 2.55. The molecular formula is C16H21F. The molecule has 0 spiro atoms. The summed E-state index contributed by atoms with van der Waals surface area (Å²) in [6.45, 7) is 0. The smallest absolute Gasteiger partial charge is 0.123 e. The van der Waals surface area contributed by atoms with Crippen LogP contribution >= 0.6 is 0 Å². The fourth-order valence-corrected chi connectivity index (χ4v) is 2.55. The van der Waals surface area contributed by atoms with Crippen molar-refractivity contribution in [2.45, 2.75) is 44.9 Å². The fraction of sp³-hybridized carbons (Fsp3) is 0.500. The van der Waals surface area contributed by atoms with Gasteiger partial charge in [0.05, 0.1) is 0 Å². The second-order valence-corrected chi connectivity index (χ2v) is 5.01. The molecule has 0 fully saturated rings. The molecule has 1 aromatic carbocycles. The zero-order chi connectivity index (χ0) is 11.9. The average Bonchev–Trinajstić information content (AvgIpc) is 2.30. The number of benzene rings is 1. The summed E-state index contributed by atoms with van der Waals surface area (Å²) in [4.78, 5) is 0. The molecule has 1 heteroatoms. The van der Waals surface area contributed by atoms with Crippen molar-refractivity contribution >= 4 is 0 Å². The van der Waals surface area contributed by atoms with Crippen LogP contribution < -0.4 is 0 Å². The second kappa shape index (κ2) is 6.58. The van der Waals surface area contributed by atoms with Crippen molar-refractivity contribution in [2.24, 2.45) is 5.92 Å². The monoisotopic (exact) mass is 232 g/mol. The van der Waals surface area contributed by atoms with Gasteiger partial charge in [0.15, 0.2) is 0 Å². The molecule has 0 aliphatic heterocycles. The number of hydrogen-bond acceptors (Lipinski definition) is 0. The number of hydrogen-bond donors (Lipinski definition) is 0. The maximum atomic E-state index is 12.8. The van der Waals surface area contributed by atoms with Gasteiger partial charge in [0.1, 0.15) is 5.82 Å². The maximum absolute atomic E-state index is 12.8. The predicted molar refractivity (Wildman–Crippen MR) is 70.4 cm³/mol. The second-order valence-electron chi connectivity index (χ2n) is 5.01. The van der Waals surface area contributed by atoms with E-state index in [1.54, 1.807) is 12.1 Å². The van der Waals surface area contributed by atoms with E-state index < -0.39 is 0 Å². The van der Waals surface area contributed by atoms with Crippen LogP contribution in [0.4, 0.5) is 4.39 Å². The molecule has 17 heavy (non-hydrogen) atoms. The summed E-state index contributed by atoms with van der Waals surface area (Å²) < 4.78 is 12.8. The molecule has 0 radical (unpaired) electrons. The SMILES string of the molecule is Fc1ccc(CCC2CC/C=C\CCC2)cc1. The van der Waals surface area contributed by atoms with Crippen LogP contribution in [0.3, 0.4) is 0 Å². The summed E-state index contributed by atoms with van der Waals surface area (Å²) >= 11 is 0. The molecule has 1 aliphatic rings. The highest BCUT2D eigenvalue weighted by atomic mass is 19.1. The molecule has 1 atom stereocenters. The summed E-state index contributed by atoms with van der Waals surface area (Å²) in [6, 6.07) is 6.96. The Morgan fingerprint density at radius 1 is 1.00 bits per heavy atom. The summed E-state index contributed by atoms with van der Waals surface area (Å²) in [6.07, 6.45) is 13.4. The molecule has 0 N–H and O–H groups in total. The van der Waals surface area contributed by atoms with Crippen LogP contribution in [0.15, 0.2) is 36.4 Å². The van der Waals surface area contributed by atoms with Gasteiger partial charge in [-0.15, -0.1) is 0 Å². The van der Waals surface area contributed by atoms with E-state index in [-0.39, 0.29) is 5.82 Å². The topological polar surface area (TPSA) is 0 Å². The third-order valence-electron chi connectivity index (χ3n) is 3.65. The lowest BCUT2D eigenvalue weighted by atomic mass is 9.89. The van der Waals surface area contributed by atoms with Crippen LogP contribution in [0.1, 0.15) is 44.1 Å². The first kappa shape index (κ1) is 12.3. The first-order chi connectivity index (χ1) is 8.34. The third-order valence-corrected chi connectivity index (χ3v) is 3.65. The van der Waals surface area contributed by atoms with E-state index in [9.17, 15) is 4.39 Å². The Hall–Kier alpha value is -1.11. The van der Waals surface area contributed by atoms with Crippen LogP contribution in [0, 0.1) is 11.7 Å². The van der Waals surface area contributed by atoms with Gasteiger partial charge in [-0.2, -0.15) is 0 Å². The van der Waals surface area contributed by atoms with E-state index in [0.717, 1.165) is 12.3 Å². The van der Waals surface area contributed by atoms with E-state index in [0.29, 0.717) is 0 Å². The minimum absolute atomic E-state index is 0.134. The molecule has 0 nitrogen and oxygen atoms in total. The Kier molecular flexibility index (Phi) is 4.78. The molecule has 0 heterocycles. The van der Waals surface area contributed by atoms with Crippen molar-refractivity contribution in [2.75, 3.05) is 0 Å². The molecule has 0 amide bonds. The molecule has 1 aliphatic carbocycles. The predicted octanol–water partition coefficient (Wildman–Crippen LogP) is 4.89. The van der Waals surface area contributed by atoms with Crippen LogP contribution in [-0.2, 0) is 6.42 Å². The number of rotatable bonds is 3. The Morgan fingerprint density at radius 2 is 1.76 bits per heavy atom. The van der Waals surface area contributed by atoms with Gasteiger partial charge in [0, 0.05) is 0 Å². The lowest BCUT2D eigenvalue weighted by molar-refractivity contribution is 0.407. The highest BCUT2D eigenvalue weighted by Gasteiger charge is 2.09. The molecule has 0 aromatic heterocycles. The van der Waals surface area contributed by atoms with Gasteiger partial charge in [-0.05, 0) is 62.1 Å². The summed E-state index contributed by atoms with van der Waals surface area (Å²) in [5, 5.41) is 0. The first-order valence-corrected chi connectivity index (χ1v) is 6.74. The van der Waals surface area contributed by atoms with Crippen molar-refractivity contribution in [3.05, 3.63) is 47.8 Å². The largest absolute Gasteiger partial charge is 0.207 e. The van der Waals surface area contributed by atoms with Crippen molar-refractivity contribution in [3.8, 4) is 0 Å². The molecule has 2 rings (SSSR count). The minimum Gasteiger partial charge on any atom is -0.207 e. The summed E-state index contributed by atoms with van der Waals surface area (Å²) in [5.41, 5.74) is 1.27. The van der Waals surface area contributed by atoms with Crippen LogP contribution in [0.25, 0.3) is 0 Å². The van der Waals surface area contributed by atoms with Crippen LogP contribution in [0.5, 0.6) is 0 Å². The van der Waals surface area contributed by atoms with E-state index in [1.807, 2.05) is 12.1 Å². The maximum Gasteiger partial charge on any atom is 0.123 e. The number of halogens is 1. The third kappa shape index (κ3) is 4.33. The summed E-state index contributed by atoms with van der Waals surface area (Å²) in [7, 11) is 0. The zero-order valence-corrected chi connectivity index (χ0v) is 10.4. The first-order valence-electron chi connectivity index (χ1n) is 6.74. The van der Waals surface area contributed by atoms with Crippen molar-refractivity contribution in [1.82, 2.24) is 0 Å². The normalized spacial score (nSPS) is 22.8.